The van der Waals surface area contributed by atoms with Gasteiger partial charge >= 0.3 is 0 Å². The monoisotopic (exact) mass is 705 g/mol. The smallest absolute Gasteiger partial charge is 0.164 e. The lowest BCUT2D eigenvalue weighted by Gasteiger charge is -2.17. The maximum absolute atomic E-state index is 6.53. The third-order valence-corrected chi connectivity index (χ3v) is 10.5. The van der Waals surface area contributed by atoms with Crippen molar-refractivity contribution in [3.05, 3.63) is 206 Å². The van der Waals surface area contributed by atoms with E-state index in [9.17, 15) is 0 Å². The fourth-order valence-electron chi connectivity index (χ4n) is 7.67. The Morgan fingerprint density at radius 3 is 1.47 bits per heavy atom. The SMILES string of the molecule is C1=CC(c2nc(-c3ccccc3)nc(-c3cccc4oc5cccc(-c6ccc(-c7ccccc7)cc6)c5c34)n2)CC=C1c1ccc(-c2ccccc2)cc1. The van der Waals surface area contributed by atoms with Crippen molar-refractivity contribution in [3.8, 4) is 56.2 Å². The molecule has 10 rings (SSSR count). The second kappa shape index (κ2) is 14.0. The highest BCUT2D eigenvalue weighted by Gasteiger charge is 2.22. The van der Waals surface area contributed by atoms with Crippen molar-refractivity contribution in [3.63, 3.8) is 0 Å². The average Bonchev–Trinajstić information content (AvgIpc) is 3.67. The first-order valence-electron chi connectivity index (χ1n) is 18.7. The predicted molar refractivity (Wildman–Crippen MR) is 225 cm³/mol. The van der Waals surface area contributed by atoms with E-state index in [4.69, 9.17) is 19.4 Å². The highest BCUT2D eigenvalue weighted by molar-refractivity contribution is 6.17. The number of hydrogen-bond acceptors (Lipinski definition) is 4. The van der Waals surface area contributed by atoms with Crippen LogP contribution < -0.4 is 0 Å². The Kier molecular flexibility index (Phi) is 8.27. The number of hydrogen-bond donors (Lipinski definition) is 0. The van der Waals surface area contributed by atoms with Crippen LogP contribution in [0.1, 0.15) is 23.7 Å². The molecular weight excluding hydrogens is 671 g/mol. The number of rotatable bonds is 7. The molecule has 2 heterocycles. The second-order valence-corrected chi connectivity index (χ2v) is 13.9. The lowest BCUT2D eigenvalue weighted by molar-refractivity contribution is 0.669. The van der Waals surface area contributed by atoms with Crippen LogP contribution in [-0.4, -0.2) is 15.0 Å². The molecule has 0 radical (unpaired) electrons. The minimum atomic E-state index is -0.00413. The number of aromatic nitrogens is 3. The normalized spacial score (nSPS) is 14.0. The van der Waals surface area contributed by atoms with Crippen molar-refractivity contribution in [1.29, 1.82) is 0 Å². The van der Waals surface area contributed by atoms with E-state index in [0.717, 1.165) is 56.4 Å². The van der Waals surface area contributed by atoms with Gasteiger partial charge in [0.25, 0.3) is 0 Å². The summed E-state index contributed by atoms with van der Waals surface area (Å²) in [6, 6.07) is 61.2. The summed E-state index contributed by atoms with van der Waals surface area (Å²) in [5, 5.41) is 2.05. The number of benzene rings is 7. The molecule has 7 aromatic carbocycles. The second-order valence-electron chi connectivity index (χ2n) is 13.9. The van der Waals surface area contributed by atoms with Crippen LogP contribution in [0.2, 0.25) is 0 Å². The van der Waals surface area contributed by atoms with E-state index in [1.165, 1.54) is 33.4 Å². The van der Waals surface area contributed by atoms with Crippen molar-refractivity contribution < 1.29 is 4.42 Å². The van der Waals surface area contributed by atoms with Crippen LogP contribution in [0.25, 0.3) is 83.7 Å². The minimum Gasteiger partial charge on any atom is -0.456 e. The zero-order chi connectivity index (χ0) is 36.6. The molecule has 55 heavy (non-hydrogen) atoms. The van der Waals surface area contributed by atoms with Gasteiger partial charge in [-0.1, -0.05) is 182 Å². The summed E-state index contributed by atoms with van der Waals surface area (Å²) in [5.74, 6) is 2.03. The van der Waals surface area contributed by atoms with Gasteiger partial charge in [-0.05, 0) is 63.1 Å². The summed E-state index contributed by atoms with van der Waals surface area (Å²) in [7, 11) is 0. The van der Waals surface area contributed by atoms with E-state index in [-0.39, 0.29) is 5.92 Å². The lowest BCUT2D eigenvalue weighted by Crippen LogP contribution is -2.08. The zero-order valence-corrected chi connectivity index (χ0v) is 30.0. The van der Waals surface area contributed by atoms with Crippen molar-refractivity contribution in [2.75, 3.05) is 0 Å². The molecular formula is C51H35N3O. The standard InChI is InChI=1S/C51H35N3O/c1-4-12-34(13-5-1)36-22-24-38(25-23-36)39-28-32-42(33-29-39)50-52-49(41-16-8-3-9-17-41)53-51(54-50)44-19-11-21-46-48(44)47-43(18-10-20-45(47)55-46)40-30-26-37(27-31-40)35-14-6-2-7-15-35/h1-32,42H,33H2. The van der Waals surface area contributed by atoms with Crippen LogP contribution in [0, 0.1) is 0 Å². The Balaban J connectivity index is 1.04. The third-order valence-electron chi connectivity index (χ3n) is 10.5. The molecule has 0 aliphatic heterocycles. The van der Waals surface area contributed by atoms with E-state index in [1.54, 1.807) is 0 Å². The molecule has 1 aliphatic carbocycles. The van der Waals surface area contributed by atoms with Gasteiger partial charge < -0.3 is 4.42 Å². The Bertz CT molecular complexity index is 2860. The molecule has 9 aromatic rings. The van der Waals surface area contributed by atoms with Gasteiger partial charge in [0.05, 0.1) is 0 Å². The van der Waals surface area contributed by atoms with Gasteiger partial charge in [-0.25, -0.2) is 15.0 Å². The molecule has 0 saturated carbocycles. The summed E-state index contributed by atoms with van der Waals surface area (Å²) >= 11 is 0. The van der Waals surface area contributed by atoms with E-state index < -0.39 is 0 Å². The van der Waals surface area contributed by atoms with Crippen LogP contribution in [0.3, 0.4) is 0 Å². The summed E-state index contributed by atoms with van der Waals surface area (Å²) in [5.41, 5.74) is 12.9. The maximum atomic E-state index is 6.53. The molecule has 0 spiro atoms. The van der Waals surface area contributed by atoms with Gasteiger partial charge in [0.2, 0.25) is 0 Å². The van der Waals surface area contributed by atoms with Crippen molar-refractivity contribution >= 4 is 27.5 Å². The number of allylic oxidation sites excluding steroid dienone is 4. The van der Waals surface area contributed by atoms with E-state index >= 15 is 0 Å². The Hall–Kier alpha value is -7.17. The Morgan fingerprint density at radius 2 is 0.891 bits per heavy atom. The van der Waals surface area contributed by atoms with Gasteiger partial charge in [0.1, 0.15) is 17.0 Å². The highest BCUT2D eigenvalue weighted by atomic mass is 16.3. The molecule has 0 amide bonds. The van der Waals surface area contributed by atoms with Gasteiger partial charge in [-0.3, -0.25) is 0 Å². The molecule has 4 heteroatoms. The van der Waals surface area contributed by atoms with Gasteiger partial charge in [0.15, 0.2) is 11.6 Å². The summed E-state index contributed by atoms with van der Waals surface area (Å²) in [6.07, 6.45) is 7.52. The Morgan fingerprint density at radius 1 is 0.400 bits per heavy atom. The Labute approximate surface area is 319 Å². The minimum absolute atomic E-state index is 0.00413. The molecule has 0 fully saturated rings. The first-order chi connectivity index (χ1) is 27.2. The van der Waals surface area contributed by atoms with Gasteiger partial charge in [0, 0.05) is 27.8 Å². The molecule has 0 bridgehead atoms. The first-order valence-corrected chi connectivity index (χ1v) is 18.7. The molecule has 1 aliphatic rings. The van der Waals surface area contributed by atoms with Crippen LogP contribution in [-0.2, 0) is 0 Å². The summed E-state index contributed by atoms with van der Waals surface area (Å²) in [6.45, 7) is 0. The van der Waals surface area contributed by atoms with Crippen molar-refractivity contribution in [2.24, 2.45) is 0 Å². The molecule has 1 atom stereocenters. The largest absolute Gasteiger partial charge is 0.456 e. The third kappa shape index (κ3) is 6.24. The van der Waals surface area contributed by atoms with Crippen molar-refractivity contribution in [2.45, 2.75) is 12.3 Å². The predicted octanol–water partition coefficient (Wildman–Crippen LogP) is 13.2. The van der Waals surface area contributed by atoms with Crippen LogP contribution in [0.15, 0.2) is 199 Å². The van der Waals surface area contributed by atoms with Crippen molar-refractivity contribution in [1.82, 2.24) is 15.0 Å². The van der Waals surface area contributed by atoms with Gasteiger partial charge in [-0.2, -0.15) is 0 Å². The van der Waals surface area contributed by atoms with Gasteiger partial charge in [-0.15, -0.1) is 0 Å². The van der Waals surface area contributed by atoms with E-state index in [0.29, 0.717) is 11.6 Å². The van der Waals surface area contributed by atoms with E-state index in [2.05, 4.69) is 146 Å². The molecule has 4 nitrogen and oxygen atoms in total. The number of fused-ring (bicyclic) bond motifs is 3. The van der Waals surface area contributed by atoms with E-state index in [1.807, 2.05) is 48.5 Å². The zero-order valence-electron chi connectivity index (χ0n) is 30.0. The topological polar surface area (TPSA) is 51.8 Å². The molecule has 2 aromatic heterocycles. The molecule has 260 valence electrons. The average molecular weight is 706 g/mol. The fourth-order valence-corrected chi connectivity index (χ4v) is 7.67. The summed E-state index contributed by atoms with van der Waals surface area (Å²) < 4.78 is 6.53. The lowest BCUT2D eigenvalue weighted by atomic mass is 9.91. The molecule has 0 saturated heterocycles. The summed E-state index contributed by atoms with van der Waals surface area (Å²) in [4.78, 5) is 15.5. The number of furan rings is 1. The number of nitrogens with zero attached hydrogens (tertiary/aromatic N) is 3. The first kappa shape index (κ1) is 32.5. The van der Waals surface area contributed by atoms with Crippen LogP contribution in [0.5, 0.6) is 0 Å². The molecule has 1 unspecified atom stereocenters. The highest BCUT2D eigenvalue weighted by Crippen LogP contribution is 2.42. The molecule has 0 N–H and O–H groups in total. The van der Waals surface area contributed by atoms with Crippen LogP contribution in [0.4, 0.5) is 0 Å². The maximum Gasteiger partial charge on any atom is 0.164 e. The fraction of sp³-hybridized carbons (Fsp3) is 0.0392. The quantitative estimate of drug-likeness (QED) is 0.166. The van der Waals surface area contributed by atoms with Crippen LogP contribution >= 0.6 is 0 Å².